The zero-order chi connectivity index (χ0) is 18.8. The molecule has 0 saturated carbocycles. The zero-order valence-electron chi connectivity index (χ0n) is 15.6. The van der Waals surface area contributed by atoms with Gasteiger partial charge < -0.3 is 14.5 Å². The third-order valence-electron chi connectivity index (χ3n) is 4.47. The number of furan rings is 1. The summed E-state index contributed by atoms with van der Waals surface area (Å²) in [7, 11) is 1.67. The highest BCUT2D eigenvalue weighted by Crippen LogP contribution is 2.29. The van der Waals surface area contributed by atoms with E-state index in [1.165, 1.54) is 0 Å². The van der Waals surface area contributed by atoms with E-state index in [1.54, 1.807) is 7.11 Å². The van der Waals surface area contributed by atoms with Gasteiger partial charge in [-0.25, -0.2) is 9.97 Å². The highest BCUT2D eigenvalue weighted by atomic mass is 16.5. The van der Waals surface area contributed by atoms with Gasteiger partial charge in [0.2, 0.25) is 0 Å². The monoisotopic (exact) mass is 359 g/mol. The van der Waals surface area contributed by atoms with Crippen LogP contribution in [0.4, 0.5) is 5.82 Å². The van der Waals surface area contributed by atoms with Crippen molar-refractivity contribution in [3.8, 4) is 17.2 Å². The summed E-state index contributed by atoms with van der Waals surface area (Å²) in [5.41, 5.74) is 2.73. The second-order valence-electron chi connectivity index (χ2n) is 6.48. The molecule has 4 aromatic rings. The van der Waals surface area contributed by atoms with Crippen molar-refractivity contribution in [3.05, 3.63) is 72.1 Å². The van der Waals surface area contributed by atoms with Gasteiger partial charge in [0.05, 0.1) is 13.2 Å². The molecule has 2 aromatic carbocycles. The Hall–Kier alpha value is -3.34. The van der Waals surface area contributed by atoms with Crippen LogP contribution in [-0.2, 0) is 0 Å². The molecule has 1 unspecified atom stereocenters. The van der Waals surface area contributed by atoms with Crippen molar-refractivity contribution in [2.45, 2.75) is 19.9 Å². The van der Waals surface area contributed by atoms with Crippen molar-refractivity contribution >= 4 is 16.8 Å². The van der Waals surface area contributed by atoms with E-state index in [0.717, 1.165) is 39.6 Å². The minimum Gasteiger partial charge on any atom is -0.497 e. The van der Waals surface area contributed by atoms with Gasteiger partial charge in [0.15, 0.2) is 5.76 Å². The fourth-order valence-corrected chi connectivity index (χ4v) is 3.09. The SMILES string of the molecule is COc1cccc(C(C)Nc2cc(-c3cc4ccccc4o3)nc(C)n2)c1. The molecule has 0 amide bonds. The van der Waals surface area contributed by atoms with Crippen molar-refractivity contribution < 1.29 is 9.15 Å². The standard InChI is InChI=1S/C22H21N3O2/c1-14(16-8-6-9-18(11-16)26-3)23-22-13-19(24-15(2)25-22)21-12-17-7-4-5-10-20(17)27-21/h4-14H,1-3H3,(H,23,24,25). The minimum atomic E-state index is 0.0675. The highest BCUT2D eigenvalue weighted by molar-refractivity contribution is 5.82. The number of para-hydroxylation sites is 1. The summed E-state index contributed by atoms with van der Waals surface area (Å²) in [5.74, 6) is 3.02. The fourth-order valence-electron chi connectivity index (χ4n) is 3.09. The van der Waals surface area contributed by atoms with Crippen LogP contribution in [0.1, 0.15) is 24.4 Å². The van der Waals surface area contributed by atoms with Gasteiger partial charge in [-0.15, -0.1) is 0 Å². The summed E-state index contributed by atoms with van der Waals surface area (Å²) in [6, 6.07) is 19.9. The Bertz CT molecular complexity index is 1050. The van der Waals surface area contributed by atoms with Crippen LogP contribution in [0.5, 0.6) is 5.75 Å². The normalized spacial score (nSPS) is 12.1. The number of hydrogen-bond acceptors (Lipinski definition) is 5. The third kappa shape index (κ3) is 3.62. The zero-order valence-corrected chi connectivity index (χ0v) is 15.6. The smallest absolute Gasteiger partial charge is 0.154 e. The molecule has 0 aliphatic carbocycles. The van der Waals surface area contributed by atoms with E-state index in [4.69, 9.17) is 9.15 Å². The first-order chi connectivity index (χ1) is 13.1. The number of nitrogens with zero attached hydrogens (tertiary/aromatic N) is 2. The van der Waals surface area contributed by atoms with Gasteiger partial charge in [-0.2, -0.15) is 0 Å². The van der Waals surface area contributed by atoms with E-state index in [0.29, 0.717) is 5.82 Å². The Balaban J connectivity index is 1.63. The molecular formula is C22H21N3O2. The number of hydrogen-bond donors (Lipinski definition) is 1. The van der Waals surface area contributed by atoms with Crippen LogP contribution < -0.4 is 10.1 Å². The molecule has 2 heterocycles. The summed E-state index contributed by atoms with van der Waals surface area (Å²) in [5, 5.41) is 4.50. The Labute approximate surface area is 158 Å². The van der Waals surface area contributed by atoms with E-state index >= 15 is 0 Å². The first-order valence-electron chi connectivity index (χ1n) is 8.87. The average Bonchev–Trinajstić information content (AvgIpc) is 3.12. The Morgan fingerprint density at radius 2 is 1.85 bits per heavy atom. The molecular weight excluding hydrogens is 338 g/mol. The number of aromatic nitrogens is 2. The van der Waals surface area contributed by atoms with Crippen molar-refractivity contribution in [3.63, 3.8) is 0 Å². The molecule has 0 spiro atoms. The number of methoxy groups -OCH3 is 1. The molecule has 0 aliphatic rings. The number of anilines is 1. The Morgan fingerprint density at radius 3 is 2.67 bits per heavy atom. The van der Waals surface area contributed by atoms with Crippen LogP contribution in [0, 0.1) is 6.92 Å². The van der Waals surface area contributed by atoms with Crippen LogP contribution in [0.25, 0.3) is 22.4 Å². The topological polar surface area (TPSA) is 60.2 Å². The lowest BCUT2D eigenvalue weighted by Crippen LogP contribution is -2.09. The third-order valence-corrected chi connectivity index (χ3v) is 4.47. The summed E-state index contributed by atoms with van der Waals surface area (Å²) >= 11 is 0. The van der Waals surface area contributed by atoms with E-state index in [1.807, 2.05) is 61.5 Å². The Kier molecular flexibility index (Phi) is 4.50. The van der Waals surface area contributed by atoms with Gasteiger partial charge in [0, 0.05) is 11.5 Å². The van der Waals surface area contributed by atoms with Crippen molar-refractivity contribution in [1.82, 2.24) is 9.97 Å². The fraction of sp³-hybridized carbons (Fsp3) is 0.182. The van der Waals surface area contributed by atoms with Gasteiger partial charge in [-0.05, 0) is 43.7 Å². The lowest BCUT2D eigenvalue weighted by Gasteiger charge is -2.16. The van der Waals surface area contributed by atoms with Gasteiger partial charge in [0.25, 0.3) is 0 Å². The van der Waals surface area contributed by atoms with Crippen LogP contribution >= 0.6 is 0 Å². The lowest BCUT2D eigenvalue weighted by atomic mass is 10.1. The molecule has 27 heavy (non-hydrogen) atoms. The number of fused-ring (bicyclic) bond motifs is 1. The first-order valence-corrected chi connectivity index (χ1v) is 8.87. The van der Waals surface area contributed by atoms with Gasteiger partial charge >= 0.3 is 0 Å². The maximum atomic E-state index is 5.95. The molecule has 0 fully saturated rings. The molecule has 0 aliphatic heterocycles. The largest absolute Gasteiger partial charge is 0.497 e. The van der Waals surface area contributed by atoms with Crippen LogP contribution in [0.2, 0.25) is 0 Å². The molecule has 5 heteroatoms. The van der Waals surface area contributed by atoms with Crippen molar-refractivity contribution in [2.24, 2.45) is 0 Å². The quantitative estimate of drug-likeness (QED) is 0.518. The molecule has 0 radical (unpaired) electrons. The van der Waals surface area contributed by atoms with Crippen molar-refractivity contribution in [1.29, 1.82) is 0 Å². The highest BCUT2D eigenvalue weighted by Gasteiger charge is 2.12. The molecule has 136 valence electrons. The van der Waals surface area contributed by atoms with E-state index in [2.05, 4.69) is 28.3 Å². The summed E-state index contributed by atoms with van der Waals surface area (Å²) < 4.78 is 11.3. The minimum absolute atomic E-state index is 0.0675. The number of benzene rings is 2. The van der Waals surface area contributed by atoms with E-state index < -0.39 is 0 Å². The first kappa shape index (κ1) is 17.1. The maximum Gasteiger partial charge on any atom is 0.154 e. The molecule has 4 rings (SSSR count). The van der Waals surface area contributed by atoms with Gasteiger partial charge in [0.1, 0.15) is 28.7 Å². The second-order valence-corrected chi connectivity index (χ2v) is 6.48. The van der Waals surface area contributed by atoms with Crippen LogP contribution in [-0.4, -0.2) is 17.1 Å². The maximum absolute atomic E-state index is 5.95. The van der Waals surface area contributed by atoms with Crippen LogP contribution in [0.3, 0.4) is 0 Å². The molecule has 5 nitrogen and oxygen atoms in total. The second kappa shape index (κ2) is 7.11. The van der Waals surface area contributed by atoms with E-state index in [-0.39, 0.29) is 6.04 Å². The Morgan fingerprint density at radius 1 is 1.00 bits per heavy atom. The molecule has 0 bridgehead atoms. The number of ether oxygens (including phenoxy) is 1. The van der Waals surface area contributed by atoms with Crippen LogP contribution in [0.15, 0.2) is 65.1 Å². The van der Waals surface area contributed by atoms with E-state index in [9.17, 15) is 0 Å². The van der Waals surface area contributed by atoms with Gasteiger partial charge in [-0.1, -0.05) is 30.3 Å². The lowest BCUT2D eigenvalue weighted by molar-refractivity contribution is 0.414. The predicted octanol–water partition coefficient (Wildman–Crippen LogP) is 5.38. The van der Waals surface area contributed by atoms with Crippen molar-refractivity contribution in [2.75, 3.05) is 12.4 Å². The summed E-state index contributed by atoms with van der Waals surface area (Å²) in [4.78, 5) is 9.07. The van der Waals surface area contributed by atoms with Gasteiger partial charge in [-0.3, -0.25) is 0 Å². The molecule has 0 saturated heterocycles. The molecule has 1 N–H and O–H groups in total. The molecule has 2 aromatic heterocycles. The molecule has 1 atom stereocenters. The number of nitrogens with one attached hydrogen (secondary N) is 1. The summed E-state index contributed by atoms with van der Waals surface area (Å²) in [6.45, 7) is 3.97. The predicted molar refractivity (Wildman–Crippen MR) is 107 cm³/mol. The number of aryl methyl sites for hydroxylation is 1. The summed E-state index contributed by atoms with van der Waals surface area (Å²) in [6.07, 6.45) is 0. The average molecular weight is 359 g/mol. The number of rotatable bonds is 5.